The Labute approximate surface area is 98.7 Å². The largest absolute Gasteiger partial charge is 0.234 e. The van der Waals surface area contributed by atoms with E-state index in [-0.39, 0.29) is 10.7 Å². The molecule has 2 nitrogen and oxygen atoms in total. The van der Waals surface area contributed by atoms with Crippen LogP contribution in [0.2, 0.25) is 0 Å². The molecule has 0 heterocycles. The molecule has 0 aliphatic rings. The van der Waals surface area contributed by atoms with Crippen molar-refractivity contribution < 1.29 is 4.21 Å². The van der Waals surface area contributed by atoms with E-state index >= 15 is 0 Å². The molecule has 0 unspecified atom stereocenters. The monoisotopic (exact) mass is 257 g/mol. The molecule has 0 aromatic rings. The van der Waals surface area contributed by atoms with Gasteiger partial charge in [-0.3, -0.25) is 0 Å². The maximum Gasteiger partial charge on any atom is 0.144 e. The topological polar surface area (TPSA) is 29.4 Å². The van der Waals surface area contributed by atoms with Crippen molar-refractivity contribution in [1.29, 1.82) is 0 Å². The zero-order chi connectivity index (χ0) is 11.4. The van der Waals surface area contributed by atoms with Crippen LogP contribution in [0.3, 0.4) is 0 Å². The highest BCUT2D eigenvalue weighted by atomic mass is 35.5. The summed E-state index contributed by atoms with van der Waals surface area (Å²) in [5.74, 6) is 0.138. The zero-order valence-electron chi connectivity index (χ0n) is 8.96. The van der Waals surface area contributed by atoms with Crippen LogP contribution in [0, 0.1) is 5.92 Å². The molecule has 0 aromatic heterocycles. The number of alkyl halides is 2. The van der Waals surface area contributed by atoms with Gasteiger partial charge in [0.05, 0.1) is 4.75 Å². The fourth-order valence-electron chi connectivity index (χ4n) is 0.538. The summed E-state index contributed by atoms with van der Waals surface area (Å²) in [5, 5.41) is 0. The Kier molecular flexibility index (Phi) is 6.26. The van der Waals surface area contributed by atoms with Gasteiger partial charge in [-0.25, -0.2) is 4.21 Å². The van der Waals surface area contributed by atoms with Crippen LogP contribution in [0.4, 0.5) is 0 Å². The van der Waals surface area contributed by atoms with Gasteiger partial charge in [-0.1, -0.05) is 6.92 Å². The van der Waals surface area contributed by atoms with Crippen LogP contribution in [0.15, 0.2) is 4.40 Å². The fraction of sp³-hybridized carbons (Fsp3) is 0.889. The highest BCUT2D eigenvalue weighted by Crippen LogP contribution is 2.17. The van der Waals surface area contributed by atoms with E-state index in [2.05, 4.69) is 4.40 Å². The molecule has 0 saturated carbocycles. The Morgan fingerprint density at radius 2 is 1.93 bits per heavy atom. The SMILES string of the molecule is C[C@@H](C/C=N/[S@@](=O)C(C)(C)C)C(Cl)Cl. The van der Waals surface area contributed by atoms with Crippen LogP contribution in [0.1, 0.15) is 34.1 Å². The lowest BCUT2D eigenvalue weighted by Crippen LogP contribution is -2.19. The first-order valence-corrected chi connectivity index (χ1v) is 6.45. The van der Waals surface area contributed by atoms with Crippen LogP contribution in [0.25, 0.3) is 0 Å². The van der Waals surface area contributed by atoms with Crippen LogP contribution in [0.5, 0.6) is 0 Å². The smallest absolute Gasteiger partial charge is 0.144 e. The molecule has 0 aliphatic carbocycles. The van der Waals surface area contributed by atoms with E-state index in [4.69, 9.17) is 23.2 Å². The molecule has 0 bridgehead atoms. The molecule has 0 spiro atoms. The number of rotatable bonds is 4. The number of halogens is 2. The summed E-state index contributed by atoms with van der Waals surface area (Å²) in [6, 6.07) is 0. The Morgan fingerprint density at radius 1 is 1.43 bits per heavy atom. The summed E-state index contributed by atoms with van der Waals surface area (Å²) >= 11 is 11.3. The van der Waals surface area contributed by atoms with Gasteiger partial charge in [0.15, 0.2) is 0 Å². The first-order chi connectivity index (χ1) is 6.25. The van der Waals surface area contributed by atoms with Crippen LogP contribution in [-0.4, -0.2) is 20.0 Å². The molecular weight excluding hydrogens is 241 g/mol. The Bertz CT molecular complexity index is 223. The second kappa shape index (κ2) is 6.09. The molecule has 0 radical (unpaired) electrons. The second-order valence-corrected chi connectivity index (χ2v) is 7.29. The van der Waals surface area contributed by atoms with Gasteiger partial charge in [-0.15, -0.1) is 23.2 Å². The van der Waals surface area contributed by atoms with Gasteiger partial charge in [0, 0.05) is 6.21 Å². The second-order valence-electron chi connectivity index (χ2n) is 4.20. The summed E-state index contributed by atoms with van der Waals surface area (Å²) in [6.45, 7) is 7.58. The van der Waals surface area contributed by atoms with Crippen molar-refractivity contribution in [1.82, 2.24) is 0 Å². The van der Waals surface area contributed by atoms with Crippen molar-refractivity contribution >= 4 is 40.4 Å². The minimum atomic E-state index is -1.18. The standard InChI is InChI=1S/C9H17Cl2NOS/c1-7(8(10)11)5-6-12-14(13)9(2,3)4/h6-8H,5H2,1-4H3/b12-6+/t7-,14-/m0/s1. The normalized spacial score (nSPS) is 17.6. The van der Waals surface area contributed by atoms with Crippen LogP contribution >= 0.6 is 23.2 Å². The van der Waals surface area contributed by atoms with E-state index in [9.17, 15) is 4.21 Å². The summed E-state index contributed by atoms with van der Waals surface area (Å²) in [6.07, 6.45) is 2.29. The van der Waals surface area contributed by atoms with Crippen molar-refractivity contribution in [3.05, 3.63) is 0 Å². The van der Waals surface area contributed by atoms with Gasteiger partial charge in [0.2, 0.25) is 0 Å². The minimum absolute atomic E-state index is 0.138. The van der Waals surface area contributed by atoms with Crippen LogP contribution in [-0.2, 0) is 11.0 Å². The Hall–Kier alpha value is 0.400. The molecule has 0 aliphatic heterocycles. The van der Waals surface area contributed by atoms with E-state index in [1.807, 2.05) is 27.7 Å². The van der Waals surface area contributed by atoms with Gasteiger partial charge in [-0.05, 0) is 33.1 Å². The van der Waals surface area contributed by atoms with Gasteiger partial charge < -0.3 is 0 Å². The van der Waals surface area contributed by atoms with Crippen molar-refractivity contribution in [3.8, 4) is 0 Å². The molecule has 0 saturated heterocycles. The van der Waals surface area contributed by atoms with Crippen LogP contribution < -0.4 is 0 Å². The van der Waals surface area contributed by atoms with E-state index in [1.165, 1.54) is 0 Å². The minimum Gasteiger partial charge on any atom is -0.234 e. The number of hydrogen-bond donors (Lipinski definition) is 0. The quantitative estimate of drug-likeness (QED) is 0.561. The maximum atomic E-state index is 11.5. The average molecular weight is 258 g/mol. The summed E-state index contributed by atoms with van der Waals surface area (Å²) in [5.41, 5.74) is 0. The van der Waals surface area contributed by atoms with E-state index < -0.39 is 15.8 Å². The van der Waals surface area contributed by atoms with Crippen molar-refractivity contribution in [2.24, 2.45) is 10.3 Å². The van der Waals surface area contributed by atoms with E-state index in [1.54, 1.807) is 6.21 Å². The third kappa shape index (κ3) is 5.99. The molecule has 14 heavy (non-hydrogen) atoms. The van der Waals surface area contributed by atoms with Gasteiger partial charge in [0.25, 0.3) is 0 Å². The highest BCUT2D eigenvalue weighted by Gasteiger charge is 2.18. The Morgan fingerprint density at radius 3 is 2.29 bits per heavy atom. The van der Waals surface area contributed by atoms with Gasteiger partial charge in [0.1, 0.15) is 15.8 Å². The molecule has 5 heteroatoms. The zero-order valence-corrected chi connectivity index (χ0v) is 11.3. The van der Waals surface area contributed by atoms with Gasteiger partial charge >= 0.3 is 0 Å². The van der Waals surface area contributed by atoms with Crippen molar-refractivity contribution in [2.45, 2.75) is 43.7 Å². The average Bonchev–Trinajstić information content (AvgIpc) is 2.01. The lowest BCUT2D eigenvalue weighted by molar-refractivity contribution is 0.648. The molecular formula is C9H17Cl2NOS. The fourth-order valence-corrected chi connectivity index (χ4v) is 1.28. The lowest BCUT2D eigenvalue weighted by atomic mass is 10.1. The van der Waals surface area contributed by atoms with Crippen molar-refractivity contribution in [2.75, 3.05) is 0 Å². The number of nitrogens with zero attached hydrogens (tertiary/aromatic N) is 1. The summed E-state index contributed by atoms with van der Waals surface area (Å²) in [4.78, 5) is -0.399. The van der Waals surface area contributed by atoms with Gasteiger partial charge in [-0.2, -0.15) is 4.40 Å². The molecule has 0 fully saturated rings. The third-order valence-corrected chi connectivity index (χ3v) is 3.85. The van der Waals surface area contributed by atoms with E-state index in [0.29, 0.717) is 6.42 Å². The molecule has 0 N–H and O–H groups in total. The van der Waals surface area contributed by atoms with E-state index in [0.717, 1.165) is 0 Å². The predicted octanol–water partition coefficient (Wildman–Crippen LogP) is 3.35. The summed E-state index contributed by atoms with van der Waals surface area (Å²) < 4.78 is 15.1. The predicted molar refractivity (Wildman–Crippen MR) is 65.7 cm³/mol. The molecule has 84 valence electrons. The Balaban J connectivity index is 4.02. The number of hydrogen-bond acceptors (Lipinski definition) is 1. The molecule has 2 atom stereocenters. The molecule has 0 rings (SSSR count). The first kappa shape index (κ1) is 14.4. The summed E-state index contributed by atoms with van der Waals surface area (Å²) in [7, 11) is -1.18. The van der Waals surface area contributed by atoms with Crippen molar-refractivity contribution in [3.63, 3.8) is 0 Å². The lowest BCUT2D eigenvalue weighted by Gasteiger charge is -2.13. The third-order valence-electron chi connectivity index (χ3n) is 1.60. The molecule has 0 amide bonds. The highest BCUT2D eigenvalue weighted by molar-refractivity contribution is 7.85. The molecule has 0 aromatic carbocycles. The maximum absolute atomic E-state index is 11.5. The first-order valence-electron chi connectivity index (χ1n) is 4.48.